The Bertz CT molecular complexity index is 2160. The second kappa shape index (κ2) is 12.2. The fraction of sp³-hybridized carbons (Fsp3) is 0.231. The maximum absolute atomic E-state index is 15.4. The molecular formula is C39H32BClN2O8. The van der Waals surface area contributed by atoms with Gasteiger partial charge in [-0.15, -0.1) is 0 Å². The van der Waals surface area contributed by atoms with Crippen molar-refractivity contribution in [3.63, 3.8) is 0 Å². The highest BCUT2D eigenvalue weighted by Gasteiger charge is 2.70. The summed E-state index contributed by atoms with van der Waals surface area (Å²) in [7, 11) is -0.336. The summed E-state index contributed by atoms with van der Waals surface area (Å²) in [5.74, 6) is -5.58. The number of aromatic hydroxyl groups is 1. The van der Waals surface area contributed by atoms with Gasteiger partial charge in [-0.1, -0.05) is 77.8 Å². The molecule has 3 N–H and O–H groups in total. The number of hydrogen-bond acceptors (Lipinski definition) is 8. The molecule has 1 saturated carbocycles. The van der Waals surface area contributed by atoms with Crippen LogP contribution in [0.5, 0.6) is 11.5 Å². The number of halogens is 1. The molecule has 4 aliphatic rings. The van der Waals surface area contributed by atoms with Crippen molar-refractivity contribution >= 4 is 59.2 Å². The number of rotatable bonds is 6. The Hall–Kier alpha value is -5.23. The van der Waals surface area contributed by atoms with Crippen molar-refractivity contribution in [2.45, 2.75) is 24.2 Å². The minimum Gasteiger partial charge on any atom is -0.508 e. The molecule has 2 aliphatic carbocycles. The number of hydrogen-bond donors (Lipinski definition) is 3. The lowest BCUT2D eigenvalue weighted by Gasteiger charge is -2.51. The molecule has 12 heteroatoms. The topological polar surface area (TPSA) is 145 Å². The van der Waals surface area contributed by atoms with E-state index in [9.17, 15) is 29.5 Å². The monoisotopic (exact) mass is 702 g/mol. The van der Waals surface area contributed by atoms with Crippen LogP contribution in [-0.4, -0.2) is 53.0 Å². The third-order valence-electron chi connectivity index (χ3n) is 11.1. The number of carbonyl (C=O) groups excluding carboxylic acids is 4. The second-order valence-electron chi connectivity index (χ2n) is 13.5. The zero-order valence-electron chi connectivity index (χ0n) is 27.3. The minimum atomic E-state index is -1.80. The number of phenols is 1. The Morgan fingerprint density at radius 2 is 1.53 bits per heavy atom. The molecule has 2 saturated heterocycles. The standard InChI is InChI=1S/C39H32BClN2O8/c1-51-32-19-26(44)13-14-28(32)34-27-15-16-29-33(37(47)42(35(29)45)24-11-5-9-22(17-24)40(49)50)30(27)20-31-36(46)43(25-12-6-10-23(41)18-25)38(48)39(31,34)21-7-3-2-4-8-21/h2-15,17-19,29-31,33-34,44,49-50H,16,20H2,1H3/t29-,30+,31-,33-,34+,39+/m0/s1. The maximum atomic E-state index is 15.4. The molecule has 0 unspecified atom stereocenters. The van der Waals surface area contributed by atoms with Crippen LogP contribution in [0.25, 0.3) is 0 Å². The molecule has 4 aromatic carbocycles. The van der Waals surface area contributed by atoms with E-state index < -0.39 is 65.8 Å². The lowest BCUT2D eigenvalue weighted by molar-refractivity contribution is -0.127. The van der Waals surface area contributed by atoms with Crippen LogP contribution in [0, 0.1) is 23.7 Å². The summed E-state index contributed by atoms with van der Waals surface area (Å²) in [5, 5.41) is 30.5. The van der Waals surface area contributed by atoms with Crippen molar-refractivity contribution in [3.8, 4) is 11.5 Å². The molecule has 8 rings (SSSR count). The van der Waals surface area contributed by atoms with Crippen LogP contribution in [0.3, 0.4) is 0 Å². The number of imide groups is 2. The van der Waals surface area contributed by atoms with Crippen molar-refractivity contribution in [1.82, 2.24) is 0 Å². The Morgan fingerprint density at radius 1 is 0.804 bits per heavy atom. The van der Waals surface area contributed by atoms with Gasteiger partial charge in [0.15, 0.2) is 0 Å². The quantitative estimate of drug-likeness (QED) is 0.155. The van der Waals surface area contributed by atoms with E-state index in [4.69, 9.17) is 16.3 Å². The number of fused-ring (bicyclic) bond motifs is 4. The van der Waals surface area contributed by atoms with Crippen molar-refractivity contribution < 1.29 is 39.1 Å². The average molecular weight is 703 g/mol. The van der Waals surface area contributed by atoms with Gasteiger partial charge in [0.1, 0.15) is 11.5 Å². The van der Waals surface area contributed by atoms with Crippen LogP contribution >= 0.6 is 11.6 Å². The maximum Gasteiger partial charge on any atom is 0.488 e. The summed E-state index contributed by atoms with van der Waals surface area (Å²) in [5.41, 5.74) is 1.05. The third kappa shape index (κ3) is 4.79. The number of methoxy groups -OCH3 is 1. The van der Waals surface area contributed by atoms with Crippen LogP contribution in [0.2, 0.25) is 5.02 Å². The number of anilines is 2. The molecule has 2 aliphatic heterocycles. The smallest absolute Gasteiger partial charge is 0.488 e. The lowest BCUT2D eigenvalue weighted by Crippen LogP contribution is -2.53. The predicted molar refractivity (Wildman–Crippen MR) is 190 cm³/mol. The van der Waals surface area contributed by atoms with Crippen LogP contribution in [0.15, 0.2) is 109 Å². The minimum absolute atomic E-state index is 0.0530. The molecule has 4 amide bonds. The highest BCUT2D eigenvalue weighted by molar-refractivity contribution is 6.58. The largest absolute Gasteiger partial charge is 0.508 e. The first kappa shape index (κ1) is 32.9. The summed E-state index contributed by atoms with van der Waals surface area (Å²) in [4.78, 5) is 61.1. The Labute approximate surface area is 298 Å². The first-order valence-corrected chi connectivity index (χ1v) is 17.1. The van der Waals surface area contributed by atoms with Crippen LogP contribution in [0.4, 0.5) is 11.4 Å². The third-order valence-corrected chi connectivity index (χ3v) is 11.4. The molecule has 10 nitrogen and oxygen atoms in total. The molecule has 3 fully saturated rings. The zero-order valence-corrected chi connectivity index (χ0v) is 28.1. The predicted octanol–water partition coefficient (Wildman–Crippen LogP) is 4.10. The van der Waals surface area contributed by atoms with Crippen LogP contribution in [0.1, 0.15) is 29.9 Å². The molecule has 2 heterocycles. The Balaban J connectivity index is 1.35. The number of benzene rings is 4. The molecule has 51 heavy (non-hydrogen) atoms. The van der Waals surface area contributed by atoms with E-state index in [1.54, 1.807) is 42.5 Å². The van der Waals surface area contributed by atoms with Gasteiger partial charge in [-0.2, -0.15) is 0 Å². The number of carbonyl (C=O) groups is 4. The van der Waals surface area contributed by atoms with Crippen molar-refractivity contribution in [1.29, 1.82) is 0 Å². The summed E-state index contributed by atoms with van der Waals surface area (Å²) < 4.78 is 5.82. The van der Waals surface area contributed by atoms with E-state index in [1.807, 2.05) is 36.4 Å². The highest BCUT2D eigenvalue weighted by Crippen LogP contribution is 2.65. The number of allylic oxidation sites excluding steroid dienone is 2. The highest BCUT2D eigenvalue weighted by atomic mass is 35.5. The number of amides is 4. The van der Waals surface area contributed by atoms with Crippen LogP contribution in [-0.2, 0) is 24.6 Å². The summed E-state index contributed by atoms with van der Waals surface area (Å²) in [6.45, 7) is 0. The van der Waals surface area contributed by atoms with Crippen molar-refractivity contribution in [3.05, 3.63) is 125 Å². The fourth-order valence-corrected chi connectivity index (χ4v) is 9.29. The summed E-state index contributed by atoms with van der Waals surface area (Å²) >= 11 is 6.38. The fourth-order valence-electron chi connectivity index (χ4n) is 9.11. The number of phenolic OH excluding ortho intramolecular Hbond substituents is 1. The van der Waals surface area contributed by atoms with Gasteiger partial charge in [-0.05, 0) is 66.2 Å². The Kier molecular flexibility index (Phi) is 7.90. The summed E-state index contributed by atoms with van der Waals surface area (Å²) in [6, 6.07) is 26.4. The molecule has 6 atom stereocenters. The van der Waals surface area contributed by atoms with Gasteiger partial charge >= 0.3 is 7.12 Å². The van der Waals surface area contributed by atoms with Crippen molar-refractivity contribution in [2.75, 3.05) is 16.9 Å². The molecule has 4 aromatic rings. The Morgan fingerprint density at radius 3 is 2.24 bits per heavy atom. The number of ether oxygens (including phenoxy) is 1. The zero-order chi connectivity index (χ0) is 35.8. The van der Waals surface area contributed by atoms with Gasteiger partial charge in [0.25, 0.3) is 0 Å². The van der Waals surface area contributed by atoms with E-state index in [0.717, 1.165) is 10.5 Å². The molecular weight excluding hydrogens is 671 g/mol. The van der Waals surface area contributed by atoms with E-state index in [2.05, 4.69) is 0 Å². The van der Waals surface area contributed by atoms with E-state index in [1.165, 1.54) is 36.3 Å². The van der Waals surface area contributed by atoms with Crippen LogP contribution < -0.4 is 20.0 Å². The average Bonchev–Trinajstić information content (AvgIpc) is 3.52. The molecule has 0 radical (unpaired) electrons. The molecule has 256 valence electrons. The van der Waals surface area contributed by atoms with E-state index in [0.29, 0.717) is 27.6 Å². The van der Waals surface area contributed by atoms with Gasteiger partial charge in [0, 0.05) is 22.6 Å². The van der Waals surface area contributed by atoms with E-state index >= 15 is 4.79 Å². The van der Waals surface area contributed by atoms with E-state index in [-0.39, 0.29) is 29.7 Å². The normalized spacial score (nSPS) is 26.8. The second-order valence-corrected chi connectivity index (χ2v) is 13.9. The van der Waals surface area contributed by atoms with Gasteiger partial charge in [-0.25, -0.2) is 4.90 Å². The number of nitrogens with zero attached hydrogens (tertiary/aromatic N) is 2. The SMILES string of the molecule is COc1cc(O)ccc1[C@H]1C2=CC[C@@H]3C(=O)N(c4cccc(B(O)O)c4)C(=O)[C@@H]3[C@@H]2C[C@H]2C(=O)N(c3cccc(Cl)c3)C(=O)[C@@]12c1ccccc1. The molecule has 0 bridgehead atoms. The van der Waals surface area contributed by atoms with Gasteiger partial charge in [0.2, 0.25) is 23.6 Å². The first-order valence-electron chi connectivity index (χ1n) is 16.7. The van der Waals surface area contributed by atoms with Gasteiger partial charge in [-0.3, -0.25) is 24.1 Å². The van der Waals surface area contributed by atoms with Crippen molar-refractivity contribution in [2.24, 2.45) is 23.7 Å². The summed E-state index contributed by atoms with van der Waals surface area (Å²) in [6.07, 6.45) is 2.24. The lowest BCUT2D eigenvalue weighted by atomic mass is 9.49. The molecule has 0 aromatic heterocycles. The molecule has 0 spiro atoms. The van der Waals surface area contributed by atoms with Gasteiger partial charge in [0.05, 0.1) is 41.7 Å². The first-order chi connectivity index (χ1) is 24.6. The van der Waals surface area contributed by atoms with Gasteiger partial charge < -0.3 is 19.9 Å².